The molecule has 2 unspecified atom stereocenters. The first-order chi connectivity index (χ1) is 13.7. The molecule has 2 aromatic rings. The van der Waals surface area contributed by atoms with Crippen LogP contribution in [0.25, 0.3) is 11.1 Å². The van der Waals surface area contributed by atoms with E-state index < -0.39 is 12.2 Å². The lowest BCUT2D eigenvalue weighted by Gasteiger charge is -2.44. The van der Waals surface area contributed by atoms with E-state index in [2.05, 4.69) is 32.9 Å². The Labute approximate surface area is 175 Å². The van der Waals surface area contributed by atoms with E-state index >= 15 is 0 Å². The summed E-state index contributed by atoms with van der Waals surface area (Å²) in [6.07, 6.45) is 4.64. The molecular formula is C26H36O3. The second kappa shape index (κ2) is 8.99. The van der Waals surface area contributed by atoms with Crippen molar-refractivity contribution in [3.8, 4) is 11.1 Å². The third-order valence-corrected chi connectivity index (χ3v) is 6.48. The average molecular weight is 397 g/mol. The molecule has 3 rings (SSSR count). The molecule has 1 aliphatic carbocycles. The van der Waals surface area contributed by atoms with E-state index in [1.54, 1.807) is 0 Å². The maximum absolute atomic E-state index is 10.7. The van der Waals surface area contributed by atoms with Crippen LogP contribution in [0.1, 0.15) is 82.6 Å². The average Bonchev–Trinajstić information content (AvgIpc) is 2.66. The predicted octanol–water partition coefficient (Wildman–Crippen LogP) is 5.80. The molecule has 1 aliphatic rings. The molecule has 0 amide bonds. The lowest BCUT2D eigenvalue weighted by Crippen LogP contribution is -2.39. The monoisotopic (exact) mass is 396 g/mol. The standard InChI is InChI=1S/C26H36O3/c1-25(2,3)14-5-9-23(28)22-8-4-7-21(17-22)19-10-12-20(13-11-19)24(29)26(18-27)15-6-16-26/h4,7-8,10-13,17,23-24,27-29H,5-6,9,14-16,18H2,1-3H3. The fourth-order valence-electron chi connectivity index (χ4n) is 4.28. The number of rotatable bonds is 8. The second-order valence-electron chi connectivity index (χ2n) is 9.99. The second-order valence-corrected chi connectivity index (χ2v) is 9.99. The fraction of sp³-hybridized carbons (Fsp3) is 0.538. The minimum Gasteiger partial charge on any atom is -0.396 e. The molecule has 2 aromatic carbocycles. The van der Waals surface area contributed by atoms with Crippen molar-refractivity contribution in [3.63, 3.8) is 0 Å². The molecule has 0 aliphatic heterocycles. The van der Waals surface area contributed by atoms with Crippen LogP contribution < -0.4 is 0 Å². The Kier molecular flexibility index (Phi) is 6.83. The topological polar surface area (TPSA) is 60.7 Å². The SMILES string of the molecule is CC(C)(C)CCCC(O)c1cccc(-c2ccc(C(O)C3(CO)CCC3)cc2)c1. The van der Waals surface area contributed by atoms with Gasteiger partial charge < -0.3 is 15.3 Å². The molecule has 0 radical (unpaired) electrons. The summed E-state index contributed by atoms with van der Waals surface area (Å²) in [7, 11) is 0. The zero-order valence-electron chi connectivity index (χ0n) is 18.1. The van der Waals surface area contributed by atoms with E-state index in [1.807, 2.05) is 36.4 Å². The first-order valence-corrected chi connectivity index (χ1v) is 10.9. The van der Waals surface area contributed by atoms with Crippen molar-refractivity contribution in [1.82, 2.24) is 0 Å². The highest BCUT2D eigenvalue weighted by molar-refractivity contribution is 5.64. The molecule has 1 saturated carbocycles. The van der Waals surface area contributed by atoms with Crippen LogP contribution in [0.4, 0.5) is 0 Å². The smallest absolute Gasteiger partial charge is 0.0868 e. The number of benzene rings is 2. The van der Waals surface area contributed by atoms with Crippen LogP contribution in [0, 0.1) is 10.8 Å². The molecule has 0 heterocycles. The number of aliphatic hydroxyl groups excluding tert-OH is 3. The first kappa shape index (κ1) is 22.0. The third-order valence-electron chi connectivity index (χ3n) is 6.48. The van der Waals surface area contributed by atoms with Crippen molar-refractivity contribution in [2.24, 2.45) is 10.8 Å². The van der Waals surface area contributed by atoms with Crippen molar-refractivity contribution >= 4 is 0 Å². The molecule has 0 saturated heterocycles. The summed E-state index contributed by atoms with van der Waals surface area (Å²) in [4.78, 5) is 0. The normalized spacial score (nSPS) is 18.1. The first-order valence-electron chi connectivity index (χ1n) is 10.9. The van der Waals surface area contributed by atoms with Crippen molar-refractivity contribution in [2.45, 2.75) is 71.5 Å². The molecular weight excluding hydrogens is 360 g/mol. The highest BCUT2D eigenvalue weighted by atomic mass is 16.3. The Bertz CT molecular complexity index is 779. The number of hydrogen-bond donors (Lipinski definition) is 3. The van der Waals surface area contributed by atoms with Gasteiger partial charge in [0.1, 0.15) is 0 Å². The van der Waals surface area contributed by atoms with Crippen LogP contribution in [-0.4, -0.2) is 21.9 Å². The van der Waals surface area contributed by atoms with E-state index in [1.165, 1.54) is 0 Å². The summed E-state index contributed by atoms with van der Waals surface area (Å²) in [6.45, 7) is 6.72. The van der Waals surface area contributed by atoms with Crippen LogP contribution in [0.5, 0.6) is 0 Å². The lowest BCUT2D eigenvalue weighted by atomic mass is 9.64. The molecule has 2 atom stereocenters. The molecule has 29 heavy (non-hydrogen) atoms. The largest absolute Gasteiger partial charge is 0.396 e. The van der Waals surface area contributed by atoms with E-state index in [4.69, 9.17) is 0 Å². The van der Waals surface area contributed by atoms with E-state index in [0.29, 0.717) is 5.41 Å². The molecule has 158 valence electrons. The summed E-state index contributed by atoms with van der Waals surface area (Å²) >= 11 is 0. The van der Waals surface area contributed by atoms with Gasteiger partial charge in [0.25, 0.3) is 0 Å². The fourth-order valence-corrected chi connectivity index (χ4v) is 4.28. The van der Waals surface area contributed by atoms with Crippen molar-refractivity contribution < 1.29 is 15.3 Å². The van der Waals surface area contributed by atoms with Gasteiger partial charge >= 0.3 is 0 Å². The summed E-state index contributed by atoms with van der Waals surface area (Å²) in [6, 6.07) is 16.1. The Balaban J connectivity index is 1.69. The Morgan fingerprint density at radius 2 is 1.62 bits per heavy atom. The van der Waals surface area contributed by atoms with Crippen LogP contribution in [0.15, 0.2) is 48.5 Å². The maximum atomic E-state index is 10.7. The van der Waals surface area contributed by atoms with Crippen molar-refractivity contribution in [2.75, 3.05) is 6.61 Å². The molecule has 3 nitrogen and oxygen atoms in total. The highest BCUT2D eigenvalue weighted by Crippen LogP contribution is 2.49. The van der Waals surface area contributed by atoms with Crippen LogP contribution in [0.3, 0.4) is 0 Å². The molecule has 0 aromatic heterocycles. The Hall–Kier alpha value is -1.68. The van der Waals surface area contributed by atoms with E-state index in [-0.39, 0.29) is 12.0 Å². The van der Waals surface area contributed by atoms with Crippen LogP contribution >= 0.6 is 0 Å². The van der Waals surface area contributed by atoms with Gasteiger partial charge in [-0.15, -0.1) is 0 Å². The molecule has 0 bridgehead atoms. The number of aliphatic hydroxyl groups is 3. The Morgan fingerprint density at radius 3 is 2.17 bits per heavy atom. The maximum Gasteiger partial charge on any atom is 0.0868 e. The Morgan fingerprint density at radius 1 is 0.931 bits per heavy atom. The van der Waals surface area contributed by atoms with Gasteiger partial charge in [-0.05, 0) is 59.4 Å². The van der Waals surface area contributed by atoms with Crippen molar-refractivity contribution in [1.29, 1.82) is 0 Å². The summed E-state index contributed by atoms with van der Waals surface area (Å²) < 4.78 is 0. The number of hydrogen-bond acceptors (Lipinski definition) is 3. The molecule has 1 fully saturated rings. The predicted molar refractivity (Wildman–Crippen MR) is 118 cm³/mol. The minimum atomic E-state index is -0.619. The third kappa shape index (κ3) is 5.28. The van der Waals surface area contributed by atoms with Gasteiger partial charge in [0.2, 0.25) is 0 Å². The van der Waals surface area contributed by atoms with Crippen LogP contribution in [0.2, 0.25) is 0 Å². The lowest BCUT2D eigenvalue weighted by molar-refractivity contribution is -0.0734. The summed E-state index contributed by atoms with van der Waals surface area (Å²) in [5.41, 5.74) is 3.88. The quantitative estimate of drug-likeness (QED) is 0.528. The summed E-state index contributed by atoms with van der Waals surface area (Å²) in [5.74, 6) is 0. The summed E-state index contributed by atoms with van der Waals surface area (Å²) in [5, 5.41) is 31.0. The van der Waals surface area contributed by atoms with Gasteiger partial charge in [-0.25, -0.2) is 0 Å². The van der Waals surface area contributed by atoms with Crippen molar-refractivity contribution in [3.05, 3.63) is 59.7 Å². The molecule has 3 N–H and O–H groups in total. The van der Waals surface area contributed by atoms with E-state index in [9.17, 15) is 15.3 Å². The zero-order valence-corrected chi connectivity index (χ0v) is 18.1. The van der Waals surface area contributed by atoms with Gasteiger partial charge in [0.15, 0.2) is 0 Å². The van der Waals surface area contributed by atoms with Gasteiger partial charge in [0.05, 0.1) is 18.8 Å². The van der Waals surface area contributed by atoms with E-state index in [0.717, 1.165) is 60.8 Å². The minimum absolute atomic E-state index is 0.0328. The molecule has 0 spiro atoms. The highest BCUT2D eigenvalue weighted by Gasteiger charge is 2.43. The van der Waals surface area contributed by atoms with Gasteiger partial charge in [-0.2, -0.15) is 0 Å². The van der Waals surface area contributed by atoms with Gasteiger partial charge in [-0.3, -0.25) is 0 Å². The van der Waals surface area contributed by atoms with Crippen LogP contribution in [-0.2, 0) is 0 Å². The van der Waals surface area contributed by atoms with Gasteiger partial charge in [0, 0.05) is 5.41 Å². The molecule has 3 heteroatoms. The van der Waals surface area contributed by atoms with Gasteiger partial charge in [-0.1, -0.05) is 76.1 Å². The zero-order chi connectivity index (χ0) is 21.1.